The molecule has 9 aromatic heterocycles. The van der Waals surface area contributed by atoms with Crippen LogP contribution in [-0.2, 0) is 66.3 Å². The van der Waals surface area contributed by atoms with Gasteiger partial charge in [-0.25, -0.2) is 15.0 Å². The number of hydrogen-bond donors (Lipinski definition) is 6. The van der Waals surface area contributed by atoms with Crippen LogP contribution in [0.4, 0.5) is 0 Å². The molecule has 0 bridgehead atoms. The van der Waals surface area contributed by atoms with Crippen molar-refractivity contribution in [3.8, 4) is 67.9 Å². The van der Waals surface area contributed by atoms with E-state index in [-0.39, 0.29) is 42.5 Å². The lowest BCUT2D eigenvalue weighted by molar-refractivity contribution is -0.0261. The maximum Gasteiger partial charge on any atom is 0.270 e. The number of aliphatic hydroxyl groups is 3. The Labute approximate surface area is 621 Å². The molecule has 12 aromatic rings. The highest BCUT2D eigenvalue weighted by Gasteiger charge is 2.31. The zero-order chi connectivity index (χ0) is 75.0. The van der Waals surface area contributed by atoms with Crippen molar-refractivity contribution in [1.82, 2.24) is 89.6 Å². The smallest absolute Gasteiger partial charge is 0.270 e. The van der Waals surface area contributed by atoms with Gasteiger partial charge < -0.3 is 36.0 Å². The standard InChI is InChI=1S/C28H32N6O2.C27H30N6O3.C27H30N6O2/c1-18-21(16-19-8-10-20(11-9-19)22-12-14-33(2)31-22)17-25(29-27(18)24-13-15-34(3)32-24)28(36)30-23-6-4-5-7-26(23)35;1-17-20(14-18-4-6-19(7-5-18)21-8-11-32(2)30-21)15-24(28-26(17)23-9-12-33(3)31-23)27(35)29-22-10-13-36-16-25(22)34;1-17-20(15-18-7-9-19(10-8-18)21-11-13-32(2)30-21)16-24(27(35)29-22-5-4-6-25(22)34)28-26(17)23-12-14-33(3)31-23/h8-15,17,23,26,35H,4-7,16H2,1-3H3,(H,30,36);4-9,11-12,15,22,25,34H,10,13-14,16H2,1-3H3,(H,29,35);7-14,16,22,25,34H,4-6,15H2,1-3H3,(H,29,35)/t23-,26-;2*22-,25-/m000/s1. The van der Waals surface area contributed by atoms with E-state index >= 15 is 0 Å². The normalized spacial score (nSPS) is 17.7. The van der Waals surface area contributed by atoms with Crippen molar-refractivity contribution >= 4 is 17.7 Å². The van der Waals surface area contributed by atoms with Crippen LogP contribution < -0.4 is 16.0 Å². The van der Waals surface area contributed by atoms with Crippen molar-refractivity contribution in [3.05, 3.63) is 232 Å². The topological polar surface area (TPSA) is 303 Å². The molecule has 3 aliphatic rings. The lowest BCUT2D eigenvalue weighted by atomic mass is 9.92. The maximum atomic E-state index is 13.2. The summed E-state index contributed by atoms with van der Waals surface area (Å²) in [6, 6.07) is 41.4. The minimum atomic E-state index is -0.736. The molecule has 3 fully saturated rings. The molecule has 1 aliphatic heterocycles. The SMILES string of the molecule is Cc1c(Cc2ccc(-c3ccn(C)n3)cc2)cc(C(=O)N[C@H]2CCCC[C@@H]2O)nc1-c1ccn(C)n1.Cc1c(Cc2ccc(-c3ccn(C)n3)cc2)cc(C(=O)N[C@H]2CCC[C@@H]2O)nc1-c1ccn(C)n1.Cc1c(Cc2ccc(-c3ccn(C)n3)cc2)cc(C(=O)N[C@H]2CCOC[C@@H]2O)nc1-c1ccn(C)n1. The second-order valence-corrected chi connectivity index (χ2v) is 28.3. The first-order valence-corrected chi connectivity index (χ1v) is 36.4. The monoisotopic (exact) mass is 1440 g/mol. The number of pyridine rings is 3. The van der Waals surface area contributed by atoms with Gasteiger partial charge in [-0.1, -0.05) is 85.6 Å². The number of carbonyl (C=O) groups is 3. The lowest BCUT2D eigenvalue weighted by Gasteiger charge is -2.28. The Balaban J connectivity index is 0.000000142. The predicted octanol–water partition coefficient (Wildman–Crippen LogP) is 9.90. The molecule has 6 N–H and O–H groups in total. The first-order chi connectivity index (χ1) is 51.6. The van der Waals surface area contributed by atoms with Crippen LogP contribution >= 0.6 is 0 Å². The molecule has 25 nitrogen and oxygen atoms in total. The van der Waals surface area contributed by atoms with Gasteiger partial charge in [0.05, 0.1) is 77.2 Å². The fourth-order valence-corrected chi connectivity index (χ4v) is 14.0. The first-order valence-electron chi connectivity index (χ1n) is 36.4. The van der Waals surface area contributed by atoms with E-state index in [1.807, 2.05) is 155 Å². The van der Waals surface area contributed by atoms with Gasteiger partial charge in [-0.15, -0.1) is 0 Å². The highest BCUT2D eigenvalue weighted by atomic mass is 16.5. The van der Waals surface area contributed by atoms with Gasteiger partial charge in [0.2, 0.25) is 0 Å². The van der Waals surface area contributed by atoms with Gasteiger partial charge in [-0.05, 0) is 183 Å². The van der Waals surface area contributed by atoms with Crippen molar-refractivity contribution in [3.63, 3.8) is 0 Å². The molecule has 0 spiro atoms. The van der Waals surface area contributed by atoms with Crippen LogP contribution in [0.15, 0.2) is 165 Å². The number of aliphatic hydroxyl groups excluding tert-OH is 3. The number of carbonyl (C=O) groups excluding carboxylic acids is 3. The Bertz CT molecular complexity index is 4890. The maximum absolute atomic E-state index is 13.2. The van der Waals surface area contributed by atoms with E-state index in [1.165, 1.54) is 0 Å². The Morgan fingerprint density at radius 1 is 0.374 bits per heavy atom. The average Bonchev–Trinajstić information content (AvgIpc) is 1.77. The highest BCUT2D eigenvalue weighted by molar-refractivity contribution is 5.95. The van der Waals surface area contributed by atoms with Gasteiger partial charge in [0.15, 0.2) is 0 Å². The Hall–Kier alpha value is -11.4. The van der Waals surface area contributed by atoms with Gasteiger partial charge >= 0.3 is 0 Å². The Kier molecular flexibility index (Phi) is 22.8. The molecular weight excluding hydrogens is 1350 g/mol. The summed E-state index contributed by atoms with van der Waals surface area (Å²) in [4.78, 5) is 53.7. The van der Waals surface area contributed by atoms with E-state index in [4.69, 9.17) is 19.7 Å². The van der Waals surface area contributed by atoms with Crippen LogP contribution in [0.2, 0.25) is 0 Å². The van der Waals surface area contributed by atoms with E-state index in [0.29, 0.717) is 85.0 Å². The van der Waals surface area contributed by atoms with Crippen LogP contribution in [0.25, 0.3) is 67.9 Å². The Morgan fingerprint density at radius 2 is 0.654 bits per heavy atom. The van der Waals surface area contributed by atoms with Crippen LogP contribution in [0, 0.1) is 20.8 Å². The van der Waals surface area contributed by atoms with Gasteiger partial charge in [0.25, 0.3) is 17.7 Å². The number of amides is 3. The molecule has 3 amide bonds. The van der Waals surface area contributed by atoms with Crippen LogP contribution in [0.3, 0.4) is 0 Å². The van der Waals surface area contributed by atoms with Gasteiger partial charge in [-0.2, -0.15) is 30.6 Å². The summed E-state index contributed by atoms with van der Waals surface area (Å²) in [5.41, 5.74) is 20.6. The number of nitrogens with one attached hydrogen (secondary N) is 3. The summed E-state index contributed by atoms with van der Waals surface area (Å²) < 4.78 is 15.8. The molecule has 2 saturated carbocycles. The molecule has 0 unspecified atom stereocenters. The third-order valence-corrected chi connectivity index (χ3v) is 20.3. The Morgan fingerprint density at radius 3 is 0.925 bits per heavy atom. The number of aromatic nitrogens is 15. The van der Waals surface area contributed by atoms with Crippen molar-refractivity contribution in [2.24, 2.45) is 42.3 Å². The first kappa shape index (κ1) is 73.9. The molecule has 25 heteroatoms. The highest BCUT2D eigenvalue weighted by Crippen LogP contribution is 2.32. The van der Waals surface area contributed by atoms with E-state index in [0.717, 1.165) is 127 Å². The average molecular weight is 1440 g/mol. The molecule has 552 valence electrons. The van der Waals surface area contributed by atoms with Crippen LogP contribution in [0.1, 0.15) is 133 Å². The lowest BCUT2D eigenvalue weighted by Crippen LogP contribution is -2.48. The summed E-state index contributed by atoms with van der Waals surface area (Å²) in [6.45, 7) is 6.78. The fraction of sp³-hybridized carbons (Fsp3) is 0.341. The molecule has 107 heavy (non-hydrogen) atoms. The van der Waals surface area contributed by atoms with E-state index in [9.17, 15) is 29.7 Å². The largest absolute Gasteiger partial charge is 0.391 e. The quantitative estimate of drug-likeness (QED) is 0.0465. The summed E-state index contributed by atoms with van der Waals surface area (Å²) in [6.07, 6.45) is 18.0. The van der Waals surface area contributed by atoms with Gasteiger partial charge in [-0.3, -0.25) is 42.5 Å². The number of ether oxygens (including phenoxy) is 1. The number of nitrogens with zero attached hydrogens (tertiary/aromatic N) is 15. The van der Waals surface area contributed by atoms with E-state index in [2.05, 4.69) is 119 Å². The second-order valence-electron chi connectivity index (χ2n) is 28.3. The zero-order valence-corrected chi connectivity index (χ0v) is 61.9. The van der Waals surface area contributed by atoms with Gasteiger partial charge in [0.1, 0.15) is 34.2 Å². The molecular formula is C82H92N18O7. The zero-order valence-electron chi connectivity index (χ0n) is 61.9. The molecule has 10 heterocycles. The number of hydrogen-bond acceptors (Lipinski definition) is 16. The van der Waals surface area contributed by atoms with Crippen molar-refractivity contribution in [2.75, 3.05) is 13.2 Å². The summed E-state index contributed by atoms with van der Waals surface area (Å²) in [5.74, 6) is -0.838. The van der Waals surface area contributed by atoms with Crippen molar-refractivity contribution in [2.45, 2.75) is 128 Å². The van der Waals surface area contributed by atoms with E-state index in [1.54, 1.807) is 28.1 Å². The van der Waals surface area contributed by atoms with Gasteiger partial charge in [0, 0.05) is 103 Å². The molecule has 15 rings (SSSR count). The summed E-state index contributed by atoms with van der Waals surface area (Å²) in [7, 11) is 11.3. The molecule has 6 atom stereocenters. The van der Waals surface area contributed by atoms with Crippen LogP contribution in [0.5, 0.6) is 0 Å². The minimum Gasteiger partial charge on any atom is -0.391 e. The van der Waals surface area contributed by atoms with Crippen molar-refractivity contribution in [1.29, 1.82) is 0 Å². The third-order valence-electron chi connectivity index (χ3n) is 20.3. The predicted molar refractivity (Wildman–Crippen MR) is 407 cm³/mol. The second kappa shape index (κ2) is 33.0. The number of rotatable bonds is 18. The molecule has 2 aliphatic carbocycles. The van der Waals surface area contributed by atoms with E-state index < -0.39 is 18.3 Å². The molecule has 1 saturated heterocycles. The number of benzene rings is 3. The fourth-order valence-electron chi connectivity index (χ4n) is 14.0. The molecule has 3 aromatic carbocycles. The summed E-state index contributed by atoms with van der Waals surface area (Å²) >= 11 is 0. The van der Waals surface area contributed by atoms with Crippen molar-refractivity contribution < 1.29 is 34.4 Å². The van der Waals surface area contributed by atoms with Crippen LogP contribution in [-0.4, -0.2) is 156 Å². The number of aryl methyl sites for hydroxylation is 6. The third kappa shape index (κ3) is 18.0. The minimum absolute atomic E-state index is 0.213. The summed E-state index contributed by atoms with van der Waals surface area (Å²) in [5, 5.41) is 66.7. The molecule has 0 radical (unpaired) electrons.